The molecule has 1 aliphatic rings. The molecule has 0 spiro atoms. The lowest BCUT2D eigenvalue weighted by atomic mass is 10.1. The summed E-state index contributed by atoms with van der Waals surface area (Å²) in [4.78, 5) is 2.31. The minimum atomic E-state index is 1.03. The molecule has 2 rings (SSSR count). The first-order chi connectivity index (χ1) is 6.22. The van der Waals surface area contributed by atoms with Crippen LogP contribution in [-0.4, -0.2) is 11.4 Å². The highest BCUT2D eigenvalue weighted by atomic mass is 15.1. The molecule has 1 heterocycles. The quantitative estimate of drug-likeness (QED) is 0.631. The van der Waals surface area contributed by atoms with Crippen molar-refractivity contribution in [3.05, 3.63) is 41.5 Å². The minimum absolute atomic E-state index is 1.03. The predicted molar refractivity (Wildman–Crippen MR) is 56.3 cm³/mol. The highest BCUT2D eigenvalue weighted by Gasteiger charge is 2.20. The van der Waals surface area contributed by atoms with E-state index in [1.54, 1.807) is 0 Å². The number of rotatable bonds is 1. The first-order valence-electron chi connectivity index (χ1n) is 4.76. The fourth-order valence-electron chi connectivity index (χ4n) is 1.87. The van der Waals surface area contributed by atoms with Gasteiger partial charge in [-0.3, -0.25) is 0 Å². The summed E-state index contributed by atoms with van der Waals surface area (Å²) in [6.45, 7) is 10.5. The van der Waals surface area contributed by atoms with Gasteiger partial charge in [-0.05, 0) is 25.5 Å². The summed E-state index contributed by atoms with van der Waals surface area (Å²) in [5.41, 5.74) is 5.25. The fraction of sp³-hybridized carbons (Fsp3) is 0.333. The molecule has 0 N–H and O–H groups in total. The molecule has 0 saturated carbocycles. The van der Waals surface area contributed by atoms with Gasteiger partial charge >= 0.3 is 0 Å². The van der Waals surface area contributed by atoms with E-state index < -0.39 is 0 Å². The predicted octanol–water partition coefficient (Wildman–Crippen LogP) is 2.80. The van der Waals surface area contributed by atoms with Gasteiger partial charge < -0.3 is 4.90 Å². The Morgan fingerprint density at radius 2 is 2.23 bits per heavy atom. The number of benzene rings is 1. The van der Waals surface area contributed by atoms with Gasteiger partial charge in [-0.15, -0.1) is 0 Å². The van der Waals surface area contributed by atoms with Gasteiger partial charge in [0.05, 0.1) is 0 Å². The molecule has 1 nitrogen and oxygen atoms in total. The van der Waals surface area contributed by atoms with Crippen LogP contribution in [0.4, 0.5) is 0 Å². The molecule has 1 aromatic rings. The van der Waals surface area contributed by atoms with E-state index in [-0.39, 0.29) is 0 Å². The molecule has 0 fully saturated rings. The molecule has 0 saturated heterocycles. The molecular weight excluding hydrogens is 158 g/mol. The summed E-state index contributed by atoms with van der Waals surface area (Å²) in [6, 6.07) is 6.62. The van der Waals surface area contributed by atoms with Crippen molar-refractivity contribution in [2.45, 2.75) is 20.4 Å². The third-order valence-electron chi connectivity index (χ3n) is 2.70. The van der Waals surface area contributed by atoms with Crippen LogP contribution in [0, 0.1) is 6.92 Å². The lowest BCUT2D eigenvalue weighted by Gasteiger charge is -2.15. The minimum Gasteiger partial charge on any atom is -0.367 e. The topological polar surface area (TPSA) is 3.24 Å². The van der Waals surface area contributed by atoms with Gasteiger partial charge in [0.25, 0.3) is 0 Å². The molecule has 0 atom stereocenters. The summed E-state index contributed by atoms with van der Waals surface area (Å²) in [6.07, 6.45) is 0. The maximum Gasteiger partial charge on any atom is 0.0436 e. The van der Waals surface area contributed by atoms with Gasteiger partial charge in [0.1, 0.15) is 0 Å². The second-order valence-electron chi connectivity index (χ2n) is 3.62. The molecule has 68 valence electrons. The van der Waals surface area contributed by atoms with E-state index in [4.69, 9.17) is 0 Å². The van der Waals surface area contributed by atoms with Crippen LogP contribution in [0.15, 0.2) is 24.8 Å². The van der Waals surface area contributed by atoms with E-state index >= 15 is 0 Å². The van der Waals surface area contributed by atoms with Gasteiger partial charge in [-0.25, -0.2) is 0 Å². The number of nitrogens with zero attached hydrogens (tertiary/aromatic N) is 1. The van der Waals surface area contributed by atoms with Crippen LogP contribution in [0.5, 0.6) is 0 Å². The maximum absolute atomic E-state index is 4.11. The van der Waals surface area contributed by atoms with Crippen LogP contribution in [0.2, 0.25) is 0 Å². The normalized spacial score (nSPS) is 14.9. The molecule has 0 unspecified atom stereocenters. The zero-order valence-corrected chi connectivity index (χ0v) is 8.30. The number of aryl methyl sites for hydroxylation is 1. The lowest BCUT2D eigenvalue weighted by Crippen LogP contribution is -2.13. The lowest BCUT2D eigenvalue weighted by molar-refractivity contribution is 0.434. The molecule has 0 aliphatic carbocycles. The second-order valence-corrected chi connectivity index (χ2v) is 3.62. The molecule has 1 aromatic carbocycles. The number of hydrogen-bond donors (Lipinski definition) is 0. The van der Waals surface area contributed by atoms with Crippen molar-refractivity contribution in [2.75, 3.05) is 6.54 Å². The average Bonchev–Trinajstić information content (AvgIpc) is 2.44. The molecule has 1 heteroatoms. The Morgan fingerprint density at radius 3 is 2.92 bits per heavy atom. The van der Waals surface area contributed by atoms with Crippen LogP contribution in [-0.2, 0) is 6.54 Å². The van der Waals surface area contributed by atoms with Crippen molar-refractivity contribution >= 4 is 5.70 Å². The third kappa shape index (κ3) is 1.24. The van der Waals surface area contributed by atoms with E-state index in [9.17, 15) is 0 Å². The molecule has 0 bridgehead atoms. The van der Waals surface area contributed by atoms with Crippen LogP contribution in [0.3, 0.4) is 0 Å². The zero-order valence-electron chi connectivity index (χ0n) is 8.30. The summed E-state index contributed by atoms with van der Waals surface area (Å²) < 4.78 is 0. The average molecular weight is 173 g/mol. The van der Waals surface area contributed by atoms with Crippen molar-refractivity contribution in [1.29, 1.82) is 0 Å². The van der Waals surface area contributed by atoms with Gasteiger partial charge in [0.2, 0.25) is 0 Å². The van der Waals surface area contributed by atoms with Gasteiger partial charge in [-0.2, -0.15) is 0 Å². The molecule has 0 radical (unpaired) electrons. The van der Waals surface area contributed by atoms with Crippen molar-refractivity contribution in [3.8, 4) is 0 Å². The van der Waals surface area contributed by atoms with Crippen LogP contribution in [0.1, 0.15) is 23.6 Å². The highest BCUT2D eigenvalue weighted by Crippen LogP contribution is 2.31. The smallest absolute Gasteiger partial charge is 0.0436 e. The summed E-state index contributed by atoms with van der Waals surface area (Å²) in [5.74, 6) is 0. The van der Waals surface area contributed by atoms with Crippen LogP contribution >= 0.6 is 0 Å². The fourth-order valence-corrected chi connectivity index (χ4v) is 1.87. The Balaban J connectivity index is 2.45. The summed E-state index contributed by atoms with van der Waals surface area (Å²) in [7, 11) is 0. The van der Waals surface area contributed by atoms with Crippen molar-refractivity contribution in [2.24, 2.45) is 0 Å². The Bertz CT molecular complexity index is 352. The van der Waals surface area contributed by atoms with E-state index in [1.807, 2.05) is 0 Å². The maximum atomic E-state index is 4.11. The molecule has 0 amide bonds. The SMILES string of the molecule is C=C1c2cc(C)ccc2CN1CC. The van der Waals surface area contributed by atoms with E-state index in [1.165, 1.54) is 22.4 Å². The summed E-state index contributed by atoms with van der Waals surface area (Å²) in [5, 5.41) is 0. The summed E-state index contributed by atoms with van der Waals surface area (Å²) >= 11 is 0. The third-order valence-corrected chi connectivity index (χ3v) is 2.70. The Hall–Kier alpha value is -1.24. The first kappa shape index (κ1) is 8.36. The van der Waals surface area contributed by atoms with Crippen LogP contribution in [0.25, 0.3) is 5.70 Å². The second kappa shape index (κ2) is 2.91. The van der Waals surface area contributed by atoms with Gasteiger partial charge in [0, 0.05) is 24.4 Å². The first-order valence-corrected chi connectivity index (χ1v) is 4.76. The highest BCUT2D eigenvalue weighted by molar-refractivity contribution is 5.69. The number of hydrogen-bond acceptors (Lipinski definition) is 1. The molecule has 1 aliphatic heterocycles. The zero-order chi connectivity index (χ0) is 9.42. The molecule has 0 aromatic heterocycles. The van der Waals surface area contributed by atoms with Gasteiger partial charge in [-0.1, -0.05) is 24.3 Å². The Kier molecular flexibility index (Phi) is 1.87. The van der Waals surface area contributed by atoms with E-state index in [0.29, 0.717) is 0 Å². The monoisotopic (exact) mass is 173 g/mol. The largest absolute Gasteiger partial charge is 0.367 e. The Morgan fingerprint density at radius 1 is 1.46 bits per heavy atom. The van der Waals surface area contributed by atoms with Crippen molar-refractivity contribution < 1.29 is 0 Å². The standard InChI is InChI=1S/C12H15N/c1-4-13-8-11-6-5-9(2)7-12(11)10(13)3/h5-7H,3-4,8H2,1-2H3. The van der Waals surface area contributed by atoms with Crippen molar-refractivity contribution in [1.82, 2.24) is 4.90 Å². The Labute approximate surface area is 79.7 Å². The van der Waals surface area contributed by atoms with Crippen LogP contribution < -0.4 is 0 Å². The molecular formula is C12H15N. The van der Waals surface area contributed by atoms with Gasteiger partial charge in [0.15, 0.2) is 0 Å². The molecule has 13 heavy (non-hydrogen) atoms. The van der Waals surface area contributed by atoms with E-state index in [2.05, 4.69) is 43.5 Å². The number of fused-ring (bicyclic) bond motifs is 1. The van der Waals surface area contributed by atoms with E-state index in [0.717, 1.165) is 13.1 Å². The van der Waals surface area contributed by atoms with Crippen molar-refractivity contribution in [3.63, 3.8) is 0 Å².